The minimum Gasteiger partial charge on any atom is -0.446 e. The normalized spacial score (nSPS) is 25.2. The molecule has 218 valence electrons. The summed E-state index contributed by atoms with van der Waals surface area (Å²) in [6, 6.07) is 2.10. The van der Waals surface area contributed by atoms with Crippen molar-refractivity contribution in [3.05, 3.63) is 72.5 Å². The molecule has 0 radical (unpaired) electrons. The van der Waals surface area contributed by atoms with Crippen LogP contribution in [0.5, 0.6) is 0 Å². The third-order valence-electron chi connectivity index (χ3n) is 7.97. The molecule has 5 rings (SSSR count). The van der Waals surface area contributed by atoms with Crippen LogP contribution in [-0.4, -0.2) is 58.5 Å². The number of amides is 3. The first-order valence-electron chi connectivity index (χ1n) is 13.2. The standard InChI is InChI=1S/C29H27F3N6O4/c1-17-5-3-4-7-28(17,2)24(25(39)36-20-11-29(31,32)12-20)37(21-10-19(30)14-34-15-21)26(40)22-16-42-27(41)38(22)23-9-18(13-33)6-8-35-23/h3-10,14-15,17,20,22,24H,11-12,16H2,1-2H3,(H,36,39). The molecule has 1 saturated heterocycles. The molecule has 0 aromatic carbocycles. The van der Waals surface area contributed by atoms with Gasteiger partial charge in [-0.2, -0.15) is 5.26 Å². The Morgan fingerprint density at radius 2 is 2.02 bits per heavy atom. The zero-order chi connectivity index (χ0) is 30.2. The van der Waals surface area contributed by atoms with Gasteiger partial charge in [-0.15, -0.1) is 0 Å². The van der Waals surface area contributed by atoms with Crippen LogP contribution in [0, 0.1) is 28.5 Å². The SMILES string of the molecule is CC1C=CC=CC1(C)C(C(=O)NC1CC(F)(F)C1)N(C(=O)C1COC(=O)N1c1cc(C#N)ccn1)c1cncc(F)c1. The Balaban J connectivity index is 1.61. The molecule has 10 nitrogen and oxygen atoms in total. The summed E-state index contributed by atoms with van der Waals surface area (Å²) < 4.78 is 47.1. The number of nitriles is 1. The van der Waals surface area contributed by atoms with E-state index < -0.39 is 72.6 Å². The van der Waals surface area contributed by atoms with E-state index >= 15 is 0 Å². The number of cyclic esters (lactones) is 1. The number of ether oxygens (including phenoxy) is 1. The quantitative estimate of drug-likeness (QED) is 0.526. The van der Waals surface area contributed by atoms with E-state index in [2.05, 4.69) is 15.3 Å². The van der Waals surface area contributed by atoms with Crippen LogP contribution in [0.1, 0.15) is 32.3 Å². The van der Waals surface area contributed by atoms with Crippen molar-refractivity contribution in [3.8, 4) is 6.07 Å². The lowest BCUT2D eigenvalue weighted by Gasteiger charge is -2.46. The van der Waals surface area contributed by atoms with Gasteiger partial charge in [0.05, 0.1) is 29.7 Å². The lowest BCUT2D eigenvalue weighted by molar-refractivity contribution is -0.135. The van der Waals surface area contributed by atoms with Gasteiger partial charge >= 0.3 is 6.09 Å². The van der Waals surface area contributed by atoms with Crippen LogP contribution in [0.2, 0.25) is 0 Å². The number of aromatic nitrogens is 2. The van der Waals surface area contributed by atoms with Crippen molar-refractivity contribution >= 4 is 29.4 Å². The first kappa shape index (κ1) is 28.8. The number of rotatable bonds is 7. The summed E-state index contributed by atoms with van der Waals surface area (Å²) in [5.74, 6) is -5.64. The number of hydrogen-bond donors (Lipinski definition) is 1. The molecule has 13 heteroatoms. The van der Waals surface area contributed by atoms with Gasteiger partial charge in [-0.3, -0.25) is 19.5 Å². The first-order chi connectivity index (χ1) is 19.9. The van der Waals surface area contributed by atoms with E-state index in [1.54, 1.807) is 25.2 Å². The van der Waals surface area contributed by atoms with Crippen LogP contribution in [0.3, 0.4) is 0 Å². The molecule has 2 aromatic heterocycles. The van der Waals surface area contributed by atoms with Gasteiger partial charge in [-0.25, -0.2) is 27.8 Å². The Bertz CT molecular complexity index is 1520. The minimum atomic E-state index is -2.91. The average molecular weight is 581 g/mol. The first-order valence-corrected chi connectivity index (χ1v) is 13.2. The van der Waals surface area contributed by atoms with Crippen LogP contribution in [0.15, 0.2) is 61.1 Å². The molecule has 2 aliphatic carbocycles. The highest BCUT2D eigenvalue weighted by Crippen LogP contribution is 2.43. The van der Waals surface area contributed by atoms with E-state index in [4.69, 9.17) is 4.74 Å². The number of halogens is 3. The van der Waals surface area contributed by atoms with Crippen molar-refractivity contribution in [2.24, 2.45) is 11.3 Å². The fourth-order valence-electron chi connectivity index (χ4n) is 5.49. The molecule has 2 aromatic rings. The second-order valence-corrected chi connectivity index (χ2v) is 10.8. The van der Waals surface area contributed by atoms with Gasteiger partial charge in [0, 0.05) is 36.6 Å². The molecule has 2 fully saturated rings. The number of carbonyl (C=O) groups is 3. The molecule has 3 amide bonds. The van der Waals surface area contributed by atoms with Gasteiger partial charge < -0.3 is 10.1 Å². The van der Waals surface area contributed by atoms with Gasteiger partial charge in [0.15, 0.2) is 6.04 Å². The highest BCUT2D eigenvalue weighted by Gasteiger charge is 2.53. The summed E-state index contributed by atoms with van der Waals surface area (Å²) in [5, 5.41) is 12.0. The number of nitrogens with one attached hydrogen (secondary N) is 1. The van der Waals surface area contributed by atoms with Gasteiger partial charge in [-0.05, 0) is 18.1 Å². The van der Waals surface area contributed by atoms with Crippen LogP contribution in [0.4, 0.5) is 29.5 Å². The topological polar surface area (TPSA) is 129 Å². The molecule has 42 heavy (non-hydrogen) atoms. The second kappa shape index (κ2) is 10.9. The third kappa shape index (κ3) is 5.32. The molecular formula is C29H27F3N6O4. The number of carbonyl (C=O) groups excluding carboxylic acids is 3. The molecule has 0 spiro atoms. The Kier molecular flexibility index (Phi) is 7.49. The molecule has 0 bridgehead atoms. The minimum absolute atomic E-state index is 0.0370. The van der Waals surface area contributed by atoms with Crippen LogP contribution >= 0.6 is 0 Å². The fourth-order valence-corrected chi connectivity index (χ4v) is 5.49. The predicted molar refractivity (Wildman–Crippen MR) is 144 cm³/mol. The lowest BCUT2D eigenvalue weighted by atomic mass is 9.68. The van der Waals surface area contributed by atoms with Crippen LogP contribution in [0.25, 0.3) is 0 Å². The third-order valence-corrected chi connectivity index (χ3v) is 7.97. The Hall–Kier alpha value is -4.73. The van der Waals surface area contributed by atoms with Gasteiger partial charge in [0.2, 0.25) is 5.91 Å². The van der Waals surface area contributed by atoms with Gasteiger partial charge in [-0.1, -0.05) is 38.2 Å². The summed E-state index contributed by atoms with van der Waals surface area (Å²) in [5.41, 5.74) is -1.03. The second-order valence-electron chi connectivity index (χ2n) is 10.8. The van der Waals surface area contributed by atoms with Crippen LogP contribution < -0.4 is 15.1 Å². The number of anilines is 2. The number of nitrogens with zero attached hydrogens (tertiary/aromatic N) is 5. The maximum absolute atomic E-state index is 14.6. The Labute approximate surface area is 239 Å². The molecule has 3 aliphatic rings. The van der Waals surface area contributed by atoms with Gasteiger partial charge in [0.25, 0.3) is 11.8 Å². The Morgan fingerprint density at radius 3 is 2.69 bits per heavy atom. The van der Waals surface area contributed by atoms with E-state index in [0.29, 0.717) is 0 Å². The Morgan fingerprint density at radius 1 is 1.26 bits per heavy atom. The molecule has 1 aliphatic heterocycles. The maximum atomic E-state index is 14.6. The van der Waals surface area contributed by atoms with E-state index in [1.165, 1.54) is 24.5 Å². The van der Waals surface area contributed by atoms with Crippen molar-refractivity contribution in [3.63, 3.8) is 0 Å². The summed E-state index contributed by atoms with van der Waals surface area (Å²) in [6.07, 6.45) is 8.45. The van der Waals surface area contributed by atoms with Crippen molar-refractivity contribution in [2.45, 2.75) is 50.7 Å². The number of allylic oxidation sites excluding steroid dienone is 3. The molecule has 4 unspecified atom stereocenters. The average Bonchev–Trinajstić information content (AvgIpc) is 3.33. The van der Waals surface area contributed by atoms with Crippen molar-refractivity contribution in [2.75, 3.05) is 16.4 Å². The zero-order valence-corrected chi connectivity index (χ0v) is 22.7. The summed E-state index contributed by atoms with van der Waals surface area (Å²) in [4.78, 5) is 51.4. The molecule has 4 atom stereocenters. The zero-order valence-electron chi connectivity index (χ0n) is 22.7. The lowest BCUT2D eigenvalue weighted by Crippen LogP contribution is -2.64. The molecule has 1 saturated carbocycles. The fraction of sp³-hybridized carbons (Fsp3) is 0.379. The van der Waals surface area contributed by atoms with E-state index in [0.717, 1.165) is 22.1 Å². The largest absolute Gasteiger partial charge is 0.446 e. The number of pyridine rings is 2. The molecule has 3 heterocycles. The van der Waals surface area contributed by atoms with Crippen molar-refractivity contribution in [1.29, 1.82) is 5.26 Å². The van der Waals surface area contributed by atoms with E-state index in [1.807, 2.05) is 19.1 Å². The van der Waals surface area contributed by atoms with Gasteiger partial charge in [0.1, 0.15) is 24.3 Å². The van der Waals surface area contributed by atoms with E-state index in [-0.39, 0.29) is 23.0 Å². The summed E-state index contributed by atoms with van der Waals surface area (Å²) in [7, 11) is 0. The highest BCUT2D eigenvalue weighted by molar-refractivity contribution is 6.09. The molecular weight excluding hydrogens is 553 g/mol. The summed E-state index contributed by atoms with van der Waals surface area (Å²) in [6.45, 7) is 3.13. The monoisotopic (exact) mass is 580 g/mol. The smallest absolute Gasteiger partial charge is 0.416 e. The molecule has 1 N–H and O–H groups in total. The summed E-state index contributed by atoms with van der Waals surface area (Å²) >= 11 is 0. The van der Waals surface area contributed by atoms with E-state index in [9.17, 15) is 32.8 Å². The number of hydrogen-bond acceptors (Lipinski definition) is 7. The highest BCUT2D eigenvalue weighted by atomic mass is 19.3. The van der Waals surface area contributed by atoms with Crippen molar-refractivity contribution in [1.82, 2.24) is 15.3 Å². The maximum Gasteiger partial charge on any atom is 0.416 e. The predicted octanol–water partition coefficient (Wildman–Crippen LogP) is 3.90. The van der Waals surface area contributed by atoms with Crippen molar-refractivity contribution < 1.29 is 32.3 Å². The van der Waals surface area contributed by atoms with Crippen LogP contribution in [-0.2, 0) is 14.3 Å². The number of alkyl halides is 2.